The topological polar surface area (TPSA) is 67.4 Å². The molecule has 0 aromatic heterocycles. The molecule has 0 bridgehead atoms. The minimum absolute atomic E-state index is 0.236. The number of ether oxygens (including phenoxy) is 1. The highest BCUT2D eigenvalue weighted by atomic mass is 16.5. The number of hydrogen-bond acceptors (Lipinski definition) is 3. The molecule has 1 heterocycles. The van der Waals surface area contributed by atoms with Crippen molar-refractivity contribution in [1.82, 2.24) is 10.6 Å². The molecular formula is C21H16N2O3. The van der Waals surface area contributed by atoms with Crippen molar-refractivity contribution in [3.05, 3.63) is 83.6 Å². The zero-order valence-electron chi connectivity index (χ0n) is 13.9. The molecule has 0 spiro atoms. The van der Waals surface area contributed by atoms with Gasteiger partial charge in [0.25, 0.3) is 5.91 Å². The quantitative estimate of drug-likeness (QED) is 0.561. The van der Waals surface area contributed by atoms with Crippen LogP contribution in [-0.2, 0) is 11.4 Å². The third-order valence-corrected chi connectivity index (χ3v) is 4.13. The fourth-order valence-electron chi connectivity index (χ4n) is 2.80. The maximum Gasteiger partial charge on any atom is 0.326 e. The van der Waals surface area contributed by atoms with Gasteiger partial charge in [0.15, 0.2) is 0 Å². The van der Waals surface area contributed by atoms with E-state index in [2.05, 4.69) is 41.0 Å². The monoisotopic (exact) mass is 344 g/mol. The van der Waals surface area contributed by atoms with Crippen LogP contribution >= 0.6 is 0 Å². The number of carbonyl (C=O) groups is 2. The second-order valence-electron chi connectivity index (χ2n) is 6.01. The Morgan fingerprint density at radius 1 is 0.846 bits per heavy atom. The van der Waals surface area contributed by atoms with E-state index >= 15 is 0 Å². The van der Waals surface area contributed by atoms with Gasteiger partial charge in [-0.05, 0) is 46.2 Å². The molecule has 4 rings (SSSR count). The fraction of sp³-hybridized carbons (Fsp3) is 0.0476. The van der Waals surface area contributed by atoms with Gasteiger partial charge >= 0.3 is 6.03 Å². The lowest BCUT2D eigenvalue weighted by Crippen LogP contribution is -2.22. The molecule has 2 N–H and O–H groups in total. The van der Waals surface area contributed by atoms with Gasteiger partial charge in [-0.3, -0.25) is 10.1 Å². The summed E-state index contributed by atoms with van der Waals surface area (Å²) in [5, 5.41) is 7.02. The van der Waals surface area contributed by atoms with Gasteiger partial charge in [0.2, 0.25) is 0 Å². The van der Waals surface area contributed by atoms with Crippen LogP contribution in [0.2, 0.25) is 0 Å². The molecule has 1 aliphatic rings. The van der Waals surface area contributed by atoms with Crippen molar-refractivity contribution in [3.63, 3.8) is 0 Å². The highest BCUT2D eigenvalue weighted by Crippen LogP contribution is 2.19. The van der Waals surface area contributed by atoms with Gasteiger partial charge in [-0.25, -0.2) is 4.79 Å². The first-order chi connectivity index (χ1) is 12.7. The molecule has 1 fully saturated rings. The number of fused-ring (bicyclic) bond motifs is 1. The van der Waals surface area contributed by atoms with E-state index in [1.54, 1.807) is 6.08 Å². The average Bonchev–Trinajstić information content (AvgIpc) is 2.98. The van der Waals surface area contributed by atoms with Gasteiger partial charge in [-0.1, -0.05) is 48.5 Å². The number of rotatable bonds is 4. The number of urea groups is 1. The largest absolute Gasteiger partial charge is 0.489 e. The lowest BCUT2D eigenvalue weighted by Gasteiger charge is -2.08. The van der Waals surface area contributed by atoms with Crippen LogP contribution in [0.4, 0.5) is 4.79 Å². The maximum absolute atomic E-state index is 11.5. The van der Waals surface area contributed by atoms with Crippen molar-refractivity contribution < 1.29 is 14.3 Å². The highest BCUT2D eigenvalue weighted by Gasteiger charge is 2.22. The van der Waals surface area contributed by atoms with E-state index in [-0.39, 0.29) is 5.70 Å². The Morgan fingerprint density at radius 3 is 2.35 bits per heavy atom. The maximum atomic E-state index is 11.5. The van der Waals surface area contributed by atoms with Crippen LogP contribution in [0.5, 0.6) is 5.75 Å². The first-order valence-corrected chi connectivity index (χ1v) is 8.22. The third kappa shape index (κ3) is 3.42. The normalized spacial score (nSPS) is 15.2. The van der Waals surface area contributed by atoms with E-state index in [1.807, 2.05) is 36.4 Å². The third-order valence-electron chi connectivity index (χ3n) is 4.13. The van der Waals surface area contributed by atoms with Crippen molar-refractivity contribution >= 4 is 28.8 Å². The van der Waals surface area contributed by atoms with Crippen molar-refractivity contribution in [2.75, 3.05) is 0 Å². The smallest absolute Gasteiger partial charge is 0.326 e. The number of amides is 3. The molecule has 0 atom stereocenters. The molecule has 0 radical (unpaired) electrons. The summed E-state index contributed by atoms with van der Waals surface area (Å²) in [6.45, 7) is 0.476. The van der Waals surface area contributed by atoms with E-state index in [1.165, 1.54) is 10.8 Å². The predicted octanol–water partition coefficient (Wildman–Crippen LogP) is 3.60. The van der Waals surface area contributed by atoms with Gasteiger partial charge in [0, 0.05) is 0 Å². The van der Waals surface area contributed by atoms with Gasteiger partial charge in [0.1, 0.15) is 18.1 Å². The number of imide groups is 1. The Balaban J connectivity index is 1.43. The van der Waals surface area contributed by atoms with Crippen molar-refractivity contribution in [3.8, 4) is 5.75 Å². The first kappa shape index (κ1) is 15.9. The summed E-state index contributed by atoms with van der Waals surface area (Å²) in [6, 6.07) is 21.3. The summed E-state index contributed by atoms with van der Waals surface area (Å²) in [4.78, 5) is 22.6. The summed E-state index contributed by atoms with van der Waals surface area (Å²) in [5.41, 5.74) is 2.13. The molecule has 3 aromatic rings. The summed E-state index contributed by atoms with van der Waals surface area (Å²) >= 11 is 0. The number of carbonyl (C=O) groups excluding carboxylic acids is 2. The van der Waals surface area contributed by atoms with Crippen molar-refractivity contribution in [2.24, 2.45) is 0 Å². The molecule has 3 amide bonds. The van der Waals surface area contributed by atoms with Gasteiger partial charge in [-0.2, -0.15) is 0 Å². The molecule has 5 nitrogen and oxygen atoms in total. The number of benzene rings is 3. The molecule has 1 aliphatic heterocycles. The van der Waals surface area contributed by atoms with Crippen LogP contribution in [0.1, 0.15) is 11.1 Å². The number of hydrogen-bond donors (Lipinski definition) is 2. The van der Waals surface area contributed by atoms with Crippen LogP contribution in [-0.4, -0.2) is 11.9 Å². The Bertz CT molecular complexity index is 1020. The summed E-state index contributed by atoms with van der Waals surface area (Å²) < 4.78 is 5.83. The van der Waals surface area contributed by atoms with Gasteiger partial charge < -0.3 is 10.1 Å². The average molecular weight is 344 g/mol. The second-order valence-corrected chi connectivity index (χ2v) is 6.01. The van der Waals surface area contributed by atoms with Crippen molar-refractivity contribution in [1.29, 1.82) is 0 Å². The Kier molecular flexibility index (Phi) is 4.11. The molecule has 0 aliphatic carbocycles. The molecule has 3 aromatic carbocycles. The lowest BCUT2D eigenvalue weighted by molar-refractivity contribution is -0.115. The Hall–Kier alpha value is -3.60. The number of nitrogens with one attached hydrogen (secondary N) is 2. The predicted molar refractivity (Wildman–Crippen MR) is 99.4 cm³/mol. The molecule has 5 heteroatoms. The first-order valence-electron chi connectivity index (χ1n) is 8.22. The van der Waals surface area contributed by atoms with Crippen LogP contribution < -0.4 is 15.4 Å². The van der Waals surface area contributed by atoms with Crippen molar-refractivity contribution in [2.45, 2.75) is 6.61 Å². The molecule has 0 saturated carbocycles. The van der Waals surface area contributed by atoms with Crippen LogP contribution in [0.25, 0.3) is 16.8 Å². The SMILES string of the molecule is O=C1NC(=O)C(=Cc2ccc(OCc3ccc4ccccc4c3)cc2)N1. The highest BCUT2D eigenvalue weighted by molar-refractivity contribution is 6.13. The molecule has 0 unspecified atom stereocenters. The summed E-state index contributed by atoms with van der Waals surface area (Å²) in [5.74, 6) is 0.312. The minimum Gasteiger partial charge on any atom is -0.489 e. The molecule has 1 saturated heterocycles. The summed E-state index contributed by atoms with van der Waals surface area (Å²) in [6.07, 6.45) is 1.62. The van der Waals surface area contributed by atoms with Gasteiger partial charge in [0.05, 0.1) is 0 Å². The standard InChI is InChI=1S/C21H16N2O3/c24-20-19(22-21(25)23-20)12-14-6-9-18(10-7-14)26-13-15-5-8-16-3-1-2-4-17(16)11-15/h1-12H,13H2,(H2,22,23,24,25). The molecular weight excluding hydrogens is 328 g/mol. The molecule has 26 heavy (non-hydrogen) atoms. The Morgan fingerprint density at radius 2 is 1.62 bits per heavy atom. The Labute approximate surface area is 150 Å². The lowest BCUT2D eigenvalue weighted by atomic mass is 10.1. The molecule has 128 valence electrons. The van der Waals surface area contributed by atoms with Crippen LogP contribution in [0.3, 0.4) is 0 Å². The van der Waals surface area contributed by atoms with Crippen LogP contribution in [0, 0.1) is 0 Å². The second kappa shape index (κ2) is 6.72. The van der Waals surface area contributed by atoms with Gasteiger partial charge in [-0.15, -0.1) is 0 Å². The zero-order chi connectivity index (χ0) is 17.9. The van der Waals surface area contributed by atoms with E-state index in [4.69, 9.17) is 4.74 Å². The minimum atomic E-state index is -0.503. The van der Waals surface area contributed by atoms with E-state index in [9.17, 15) is 9.59 Å². The zero-order valence-corrected chi connectivity index (χ0v) is 13.9. The summed E-state index contributed by atoms with van der Waals surface area (Å²) in [7, 11) is 0. The van der Waals surface area contributed by atoms with E-state index < -0.39 is 11.9 Å². The van der Waals surface area contributed by atoms with E-state index in [0.717, 1.165) is 16.9 Å². The van der Waals surface area contributed by atoms with E-state index in [0.29, 0.717) is 6.61 Å². The fourth-order valence-corrected chi connectivity index (χ4v) is 2.80. The van der Waals surface area contributed by atoms with Crippen LogP contribution in [0.15, 0.2) is 72.4 Å².